The van der Waals surface area contributed by atoms with E-state index in [0.29, 0.717) is 46.2 Å². The molecule has 0 amide bonds. The molecule has 5 aromatic carbocycles. The van der Waals surface area contributed by atoms with E-state index in [4.69, 9.17) is 30.5 Å². The number of nitro benzene ring substituents is 1. The van der Waals surface area contributed by atoms with Gasteiger partial charge in [-0.2, -0.15) is 0 Å². The van der Waals surface area contributed by atoms with E-state index < -0.39 is 16.9 Å². The third kappa shape index (κ3) is 15.9. The van der Waals surface area contributed by atoms with Crippen molar-refractivity contribution in [3.8, 4) is 23.0 Å². The summed E-state index contributed by atoms with van der Waals surface area (Å²) in [4.78, 5) is 37.7. The third-order valence-electron chi connectivity index (χ3n) is 10.8. The molecule has 5 aromatic rings. The number of halogens is 1. The molecule has 0 fully saturated rings. The number of hydrogen-bond acceptors (Lipinski definition) is 8. The largest absolute Gasteiger partial charge is 0.492 e. The fourth-order valence-electron chi connectivity index (χ4n) is 6.93. The van der Waals surface area contributed by atoms with Crippen LogP contribution in [0.1, 0.15) is 146 Å². The van der Waals surface area contributed by atoms with Gasteiger partial charge in [0.25, 0.3) is 0 Å². The van der Waals surface area contributed by atoms with Crippen LogP contribution in [0.4, 0.5) is 5.69 Å². The van der Waals surface area contributed by atoms with E-state index in [-0.39, 0.29) is 22.9 Å². The van der Waals surface area contributed by atoms with Gasteiger partial charge in [-0.05, 0) is 96.6 Å². The van der Waals surface area contributed by atoms with Crippen LogP contribution in [0.2, 0.25) is 5.02 Å². The Morgan fingerprint density at radius 1 is 0.531 bits per heavy atom. The lowest BCUT2D eigenvalue weighted by atomic mass is 10.1. The van der Waals surface area contributed by atoms with E-state index in [2.05, 4.69) is 13.8 Å². The molecule has 0 spiro atoms. The molecule has 0 heterocycles. The predicted octanol–water partition coefficient (Wildman–Crippen LogP) is 15.2. The number of unbranched alkanes of at least 4 members (excludes halogenated alkanes) is 11. The van der Waals surface area contributed by atoms with Crippen molar-refractivity contribution in [2.45, 2.75) is 104 Å². The second kappa shape index (κ2) is 26.4. The second-order valence-corrected chi connectivity index (χ2v) is 16.2. The van der Waals surface area contributed by atoms with E-state index in [1.165, 1.54) is 51.0 Å². The highest BCUT2D eigenvalue weighted by Gasteiger charge is 2.17. The molecule has 0 atom stereocenters. The molecule has 5 rings (SSSR count). The molecule has 0 bridgehead atoms. The van der Waals surface area contributed by atoms with Gasteiger partial charge in [0, 0.05) is 11.6 Å². The lowest BCUT2D eigenvalue weighted by Crippen LogP contribution is -2.12. The summed E-state index contributed by atoms with van der Waals surface area (Å²) in [5.41, 5.74) is 4.33. The summed E-state index contributed by atoms with van der Waals surface area (Å²) in [7, 11) is 0. The quantitative estimate of drug-likeness (QED) is 0.0135. The van der Waals surface area contributed by atoms with Crippen molar-refractivity contribution in [3.63, 3.8) is 0 Å². The molecule has 336 valence electrons. The zero-order valence-electron chi connectivity index (χ0n) is 37.3. The van der Waals surface area contributed by atoms with Crippen LogP contribution in [0.15, 0.2) is 103 Å². The van der Waals surface area contributed by atoms with Crippen LogP contribution < -0.4 is 18.9 Å². The highest BCUT2D eigenvalue weighted by Crippen LogP contribution is 2.31. The molecule has 0 unspecified atom stereocenters. The Morgan fingerprint density at radius 3 is 1.44 bits per heavy atom. The zero-order valence-corrected chi connectivity index (χ0v) is 38.1. The van der Waals surface area contributed by atoms with Crippen molar-refractivity contribution in [3.05, 3.63) is 157 Å². The summed E-state index contributed by atoms with van der Waals surface area (Å²) >= 11 is 6.44. The normalized spacial score (nSPS) is 11.2. The molecule has 0 saturated carbocycles. The van der Waals surface area contributed by atoms with Gasteiger partial charge in [0.05, 0.1) is 34.3 Å². The van der Waals surface area contributed by atoms with Crippen LogP contribution in [0.25, 0.3) is 24.3 Å². The van der Waals surface area contributed by atoms with E-state index in [1.807, 2.05) is 48.6 Å². The summed E-state index contributed by atoms with van der Waals surface area (Å²) in [5, 5.41) is 12.4. The Bertz CT molecular complexity index is 2340. The van der Waals surface area contributed by atoms with Crippen molar-refractivity contribution >= 4 is 53.5 Å². The second-order valence-electron chi connectivity index (χ2n) is 15.8. The first-order chi connectivity index (χ1) is 31.1. The minimum absolute atomic E-state index is 0.0760. The molecule has 0 N–H and O–H groups in total. The summed E-state index contributed by atoms with van der Waals surface area (Å²) in [5.74, 6) is 0.332. The van der Waals surface area contributed by atoms with Gasteiger partial charge in [-0.3, -0.25) is 10.1 Å². The number of carbonyl (C=O) groups is 2. The number of benzene rings is 5. The molecule has 0 radical (unpaired) electrons. The van der Waals surface area contributed by atoms with Crippen molar-refractivity contribution in [1.82, 2.24) is 0 Å². The highest BCUT2D eigenvalue weighted by atomic mass is 35.5. The maximum absolute atomic E-state index is 13.2. The van der Waals surface area contributed by atoms with Crippen LogP contribution in [-0.4, -0.2) is 30.1 Å². The Labute approximate surface area is 383 Å². The average molecular weight is 887 g/mol. The Morgan fingerprint density at radius 2 is 0.938 bits per heavy atom. The molecule has 0 aliphatic rings. The van der Waals surface area contributed by atoms with Gasteiger partial charge in [-0.1, -0.05) is 163 Å². The standard InChI is InChI=1S/C54H60ClNO8/c1-4-6-8-9-10-11-12-13-14-16-37-62-52-35-29-44(39-48(52)56(59)60)23-21-42-26-32-46(33-27-42)54(58)64-50-19-17-18-49(40(50)3)63-53(57)45-30-24-41(25-31-45)20-22-43-28-34-51(47(55)38-43)61-36-15-7-5-2/h17-35,38-39H,4-16,36-37H2,1-3H3/b22-20+,23-21+. The van der Waals surface area contributed by atoms with Crippen LogP contribution in [-0.2, 0) is 0 Å². The number of carbonyl (C=O) groups excluding carboxylic acids is 2. The number of hydrogen-bond donors (Lipinski definition) is 0. The number of nitrogens with zero attached hydrogens (tertiary/aromatic N) is 1. The smallest absolute Gasteiger partial charge is 0.343 e. The molecule has 10 heteroatoms. The van der Waals surface area contributed by atoms with Crippen molar-refractivity contribution in [2.75, 3.05) is 13.2 Å². The van der Waals surface area contributed by atoms with Crippen LogP contribution in [0, 0.1) is 17.0 Å². The first kappa shape index (κ1) is 48.8. The molecule has 0 saturated heterocycles. The third-order valence-corrected chi connectivity index (χ3v) is 11.1. The van der Waals surface area contributed by atoms with Crippen molar-refractivity contribution < 1.29 is 33.5 Å². The van der Waals surface area contributed by atoms with Gasteiger partial charge < -0.3 is 18.9 Å². The first-order valence-electron chi connectivity index (χ1n) is 22.6. The Hall–Kier alpha value is -6.19. The maximum atomic E-state index is 13.2. The van der Waals surface area contributed by atoms with Gasteiger partial charge in [0.2, 0.25) is 0 Å². The molecular formula is C54H60ClNO8. The molecular weight excluding hydrogens is 826 g/mol. The van der Waals surface area contributed by atoms with Gasteiger partial charge in [0.1, 0.15) is 17.2 Å². The lowest BCUT2D eigenvalue weighted by molar-refractivity contribution is -0.385. The zero-order chi connectivity index (χ0) is 45.5. The van der Waals surface area contributed by atoms with E-state index in [9.17, 15) is 19.7 Å². The minimum Gasteiger partial charge on any atom is -0.492 e. The number of ether oxygens (including phenoxy) is 4. The maximum Gasteiger partial charge on any atom is 0.343 e. The van der Waals surface area contributed by atoms with Gasteiger partial charge >= 0.3 is 17.6 Å². The number of rotatable bonds is 26. The van der Waals surface area contributed by atoms with E-state index in [1.54, 1.807) is 79.7 Å². The fourth-order valence-corrected chi connectivity index (χ4v) is 7.17. The molecule has 0 aromatic heterocycles. The van der Waals surface area contributed by atoms with Gasteiger partial charge in [0.15, 0.2) is 5.75 Å². The fraction of sp³-hybridized carbons (Fsp3) is 0.333. The van der Waals surface area contributed by atoms with E-state index >= 15 is 0 Å². The van der Waals surface area contributed by atoms with Crippen molar-refractivity contribution in [1.29, 1.82) is 0 Å². The molecule has 9 nitrogen and oxygen atoms in total. The minimum atomic E-state index is -0.580. The monoisotopic (exact) mass is 885 g/mol. The highest BCUT2D eigenvalue weighted by molar-refractivity contribution is 6.32. The topological polar surface area (TPSA) is 114 Å². The lowest BCUT2D eigenvalue weighted by Gasteiger charge is -2.12. The Kier molecular flexibility index (Phi) is 20.2. The van der Waals surface area contributed by atoms with Gasteiger partial charge in [-0.15, -0.1) is 0 Å². The Balaban J connectivity index is 1.09. The summed E-state index contributed by atoms with van der Waals surface area (Å²) in [6.07, 6.45) is 22.8. The van der Waals surface area contributed by atoms with Crippen LogP contribution in [0.5, 0.6) is 23.0 Å². The van der Waals surface area contributed by atoms with Crippen molar-refractivity contribution in [2.24, 2.45) is 0 Å². The van der Waals surface area contributed by atoms with Gasteiger partial charge in [-0.25, -0.2) is 9.59 Å². The summed E-state index contributed by atoms with van der Waals surface area (Å²) < 4.78 is 23.0. The molecule has 0 aliphatic heterocycles. The average Bonchev–Trinajstić information content (AvgIpc) is 3.30. The molecule has 0 aliphatic carbocycles. The van der Waals surface area contributed by atoms with Crippen LogP contribution >= 0.6 is 11.6 Å². The SMILES string of the molecule is CCCCCCCCCCCCOc1ccc(/C=C/c2ccc(C(=O)Oc3cccc(OC(=O)c4ccc(/C=C/c5ccc(OCCCCC)c(Cl)c5)cc4)c3C)cc2)cc1[N+](=O)[O-]. The first-order valence-corrected chi connectivity index (χ1v) is 23.0. The van der Waals surface area contributed by atoms with Crippen LogP contribution in [0.3, 0.4) is 0 Å². The van der Waals surface area contributed by atoms with E-state index in [0.717, 1.165) is 55.2 Å². The summed E-state index contributed by atoms with van der Waals surface area (Å²) in [6, 6.07) is 29.4. The number of esters is 2. The predicted molar refractivity (Wildman–Crippen MR) is 259 cm³/mol. The number of nitro groups is 1. The molecule has 64 heavy (non-hydrogen) atoms. The summed E-state index contributed by atoms with van der Waals surface area (Å²) in [6.45, 7) is 7.18.